The third kappa shape index (κ3) is 6.41. The number of sulfonamides is 1. The number of hydrazone groups is 1. The predicted molar refractivity (Wildman–Crippen MR) is 126 cm³/mol. The van der Waals surface area contributed by atoms with Crippen LogP contribution in [0.25, 0.3) is 0 Å². The van der Waals surface area contributed by atoms with E-state index >= 15 is 0 Å². The van der Waals surface area contributed by atoms with Crippen molar-refractivity contribution in [2.45, 2.75) is 11.4 Å². The number of methoxy groups -OCH3 is 2. The summed E-state index contributed by atoms with van der Waals surface area (Å²) in [4.78, 5) is 12.6. The first-order valence-corrected chi connectivity index (χ1v) is 11.5. The molecule has 33 heavy (non-hydrogen) atoms. The molecule has 9 heteroatoms. The van der Waals surface area contributed by atoms with Gasteiger partial charge in [0.15, 0.2) is 0 Å². The zero-order chi connectivity index (χ0) is 23.7. The lowest BCUT2D eigenvalue weighted by Crippen LogP contribution is -2.39. The monoisotopic (exact) mass is 467 g/mol. The molecule has 0 aromatic heterocycles. The lowest BCUT2D eigenvalue weighted by Gasteiger charge is -2.21. The summed E-state index contributed by atoms with van der Waals surface area (Å²) in [5, 5.41) is 3.95. The Morgan fingerprint density at radius 3 is 2.27 bits per heavy atom. The van der Waals surface area contributed by atoms with E-state index in [2.05, 4.69) is 10.5 Å². The molecule has 0 atom stereocenters. The van der Waals surface area contributed by atoms with Crippen LogP contribution in [0.5, 0.6) is 11.5 Å². The highest BCUT2D eigenvalue weighted by atomic mass is 32.2. The minimum absolute atomic E-state index is 0.0266. The van der Waals surface area contributed by atoms with Crippen molar-refractivity contribution in [1.29, 1.82) is 0 Å². The molecule has 0 fully saturated rings. The van der Waals surface area contributed by atoms with Crippen LogP contribution in [0.4, 0.5) is 0 Å². The number of nitrogens with zero attached hydrogens (tertiary/aromatic N) is 2. The number of ether oxygens (including phenoxy) is 2. The van der Waals surface area contributed by atoms with Crippen LogP contribution >= 0.6 is 0 Å². The van der Waals surface area contributed by atoms with Crippen molar-refractivity contribution in [2.75, 3.05) is 20.8 Å². The number of carbonyl (C=O) groups excluding carboxylic acids is 1. The van der Waals surface area contributed by atoms with Gasteiger partial charge in [0, 0.05) is 12.1 Å². The minimum Gasteiger partial charge on any atom is -0.497 e. The second-order valence-corrected chi connectivity index (χ2v) is 8.91. The summed E-state index contributed by atoms with van der Waals surface area (Å²) < 4.78 is 38.1. The Morgan fingerprint density at radius 1 is 0.939 bits per heavy atom. The van der Waals surface area contributed by atoms with Crippen molar-refractivity contribution in [3.8, 4) is 11.5 Å². The minimum atomic E-state index is -3.96. The number of rotatable bonds is 10. The smallest absolute Gasteiger partial charge is 0.255 e. The van der Waals surface area contributed by atoms with E-state index in [4.69, 9.17) is 9.47 Å². The van der Waals surface area contributed by atoms with Gasteiger partial charge >= 0.3 is 0 Å². The first-order chi connectivity index (χ1) is 15.9. The van der Waals surface area contributed by atoms with Crippen molar-refractivity contribution >= 4 is 22.1 Å². The fourth-order valence-corrected chi connectivity index (χ4v) is 4.44. The van der Waals surface area contributed by atoms with Crippen LogP contribution in [0.3, 0.4) is 0 Å². The van der Waals surface area contributed by atoms with Crippen LogP contribution in [0.15, 0.2) is 88.9 Å². The first kappa shape index (κ1) is 24.0. The van der Waals surface area contributed by atoms with E-state index in [1.807, 2.05) is 30.3 Å². The lowest BCUT2D eigenvalue weighted by molar-refractivity contribution is -0.121. The quantitative estimate of drug-likeness (QED) is 0.365. The standard InChI is InChI=1S/C24H25N3O5S/c1-31-21-12-14-22(15-13-21)33(29,30)27(17-19-8-4-3-5-9-19)18-24(28)26-25-16-20-10-6-7-11-23(20)32-2/h3-16H,17-18H2,1-2H3,(H,26,28). The van der Waals surface area contributed by atoms with E-state index in [1.54, 1.807) is 36.4 Å². The van der Waals surface area contributed by atoms with E-state index in [1.165, 1.54) is 32.6 Å². The SMILES string of the molecule is COc1ccc(S(=O)(=O)N(CC(=O)NN=Cc2ccccc2OC)Cc2ccccc2)cc1. The van der Waals surface area contributed by atoms with E-state index in [-0.39, 0.29) is 11.4 Å². The van der Waals surface area contributed by atoms with Crippen LogP contribution in [0.2, 0.25) is 0 Å². The molecule has 0 aliphatic carbocycles. The topological polar surface area (TPSA) is 97.3 Å². The summed E-state index contributed by atoms with van der Waals surface area (Å²) in [6.07, 6.45) is 1.44. The molecule has 0 radical (unpaired) electrons. The van der Waals surface area contributed by atoms with Crippen LogP contribution in [-0.4, -0.2) is 45.6 Å². The zero-order valence-corrected chi connectivity index (χ0v) is 19.2. The average Bonchev–Trinajstić information content (AvgIpc) is 2.84. The maximum Gasteiger partial charge on any atom is 0.255 e. The molecule has 0 saturated heterocycles. The van der Waals surface area contributed by atoms with E-state index < -0.39 is 22.5 Å². The third-order valence-electron chi connectivity index (χ3n) is 4.75. The Bertz CT molecular complexity index is 1200. The Balaban J connectivity index is 1.78. The Hall–Kier alpha value is -3.69. The lowest BCUT2D eigenvalue weighted by atomic mass is 10.2. The van der Waals surface area contributed by atoms with Gasteiger partial charge in [0.05, 0.1) is 31.9 Å². The van der Waals surface area contributed by atoms with E-state index in [0.717, 1.165) is 9.87 Å². The maximum atomic E-state index is 13.3. The van der Waals surface area contributed by atoms with Crippen LogP contribution in [-0.2, 0) is 21.4 Å². The van der Waals surface area contributed by atoms with Crippen molar-refractivity contribution in [3.05, 3.63) is 90.0 Å². The molecule has 0 saturated carbocycles. The Kier molecular flexibility index (Phi) is 8.17. The molecule has 1 N–H and O–H groups in total. The summed E-state index contributed by atoms with van der Waals surface area (Å²) in [6.45, 7) is -0.384. The summed E-state index contributed by atoms with van der Waals surface area (Å²) in [7, 11) is -0.923. The molecule has 3 aromatic rings. The highest BCUT2D eigenvalue weighted by Gasteiger charge is 2.27. The normalized spacial score (nSPS) is 11.5. The molecule has 3 aromatic carbocycles. The van der Waals surface area contributed by atoms with Crippen molar-refractivity contribution in [3.63, 3.8) is 0 Å². The van der Waals surface area contributed by atoms with Gasteiger partial charge < -0.3 is 9.47 Å². The summed E-state index contributed by atoms with van der Waals surface area (Å²) in [5.74, 6) is 0.560. The summed E-state index contributed by atoms with van der Waals surface area (Å²) >= 11 is 0. The van der Waals surface area contributed by atoms with Gasteiger partial charge in [-0.05, 0) is 42.0 Å². The van der Waals surface area contributed by atoms with Crippen molar-refractivity contribution in [2.24, 2.45) is 5.10 Å². The molecule has 0 unspecified atom stereocenters. The molecule has 3 rings (SSSR count). The van der Waals surface area contributed by atoms with E-state index in [0.29, 0.717) is 17.1 Å². The van der Waals surface area contributed by atoms with Gasteiger partial charge in [0.1, 0.15) is 11.5 Å². The average molecular weight is 468 g/mol. The first-order valence-electron chi connectivity index (χ1n) is 10.1. The molecule has 1 amide bonds. The molecule has 0 aliphatic heterocycles. The van der Waals surface area contributed by atoms with Gasteiger partial charge in [0.25, 0.3) is 5.91 Å². The van der Waals surface area contributed by atoms with Gasteiger partial charge in [-0.1, -0.05) is 42.5 Å². The number of benzene rings is 3. The molecule has 0 heterocycles. The van der Waals surface area contributed by atoms with Gasteiger partial charge in [-0.2, -0.15) is 9.41 Å². The fraction of sp³-hybridized carbons (Fsp3) is 0.167. The maximum absolute atomic E-state index is 13.3. The number of nitrogens with one attached hydrogen (secondary N) is 1. The van der Waals surface area contributed by atoms with E-state index in [9.17, 15) is 13.2 Å². The summed E-state index contributed by atoms with van der Waals surface area (Å²) in [6, 6.07) is 22.3. The highest BCUT2D eigenvalue weighted by Crippen LogP contribution is 2.21. The fourth-order valence-electron chi connectivity index (χ4n) is 3.05. The number of carbonyl (C=O) groups is 1. The zero-order valence-electron chi connectivity index (χ0n) is 18.3. The van der Waals surface area contributed by atoms with Crippen LogP contribution < -0.4 is 14.9 Å². The Labute approximate surface area is 193 Å². The third-order valence-corrected chi connectivity index (χ3v) is 6.56. The number of hydrogen-bond donors (Lipinski definition) is 1. The number of amides is 1. The molecule has 0 bridgehead atoms. The molecule has 8 nitrogen and oxygen atoms in total. The molecule has 172 valence electrons. The number of hydrogen-bond acceptors (Lipinski definition) is 6. The van der Waals surface area contributed by atoms with Crippen LogP contribution in [0, 0.1) is 0 Å². The van der Waals surface area contributed by atoms with Crippen LogP contribution in [0.1, 0.15) is 11.1 Å². The molecule has 0 spiro atoms. The summed E-state index contributed by atoms with van der Waals surface area (Å²) in [5.41, 5.74) is 3.81. The number of para-hydroxylation sites is 1. The van der Waals surface area contributed by atoms with Crippen molar-refractivity contribution in [1.82, 2.24) is 9.73 Å². The second kappa shape index (κ2) is 11.3. The van der Waals surface area contributed by atoms with Crippen molar-refractivity contribution < 1.29 is 22.7 Å². The molecule has 0 aliphatic rings. The predicted octanol–water partition coefficient (Wildman–Crippen LogP) is 3.05. The highest BCUT2D eigenvalue weighted by molar-refractivity contribution is 7.89. The largest absolute Gasteiger partial charge is 0.497 e. The molecular formula is C24H25N3O5S. The second-order valence-electron chi connectivity index (χ2n) is 6.97. The van der Waals surface area contributed by atoms with Gasteiger partial charge in [-0.3, -0.25) is 4.79 Å². The van der Waals surface area contributed by atoms with Gasteiger partial charge in [-0.15, -0.1) is 0 Å². The van der Waals surface area contributed by atoms with Gasteiger partial charge in [0.2, 0.25) is 10.0 Å². The Morgan fingerprint density at radius 2 is 1.61 bits per heavy atom. The molecular weight excluding hydrogens is 442 g/mol. The van der Waals surface area contributed by atoms with Gasteiger partial charge in [-0.25, -0.2) is 13.8 Å².